The molecule has 0 saturated heterocycles. The quantitative estimate of drug-likeness (QED) is 0.848. The molecule has 0 aliphatic carbocycles. The van der Waals surface area contributed by atoms with Gasteiger partial charge in [0.15, 0.2) is 0 Å². The van der Waals surface area contributed by atoms with Gasteiger partial charge < -0.3 is 5.11 Å². The number of hydrogen-bond donors (Lipinski definition) is 1. The average Bonchev–Trinajstić information content (AvgIpc) is 2.16. The number of hydrogen-bond acceptors (Lipinski definition) is 2. The van der Waals surface area contributed by atoms with Gasteiger partial charge in [0.1, 0.15) is 0 Å². The van der Waals surface area contributed by atoms with E-state index in [-0.39, 0.29) is 5.41 Å². The number of aliphatic hydroxyl groups is 1. The monoisotopic (exact) mass is 267 g/mol. The fourth-order valence-corrected chi connectivity index (χ4v) is 1.75. The maximum Gasteiger partial charge on any atom is 0.0991 e. The van der Waals surface area contributed by atoms with Crippen molar-refractivity contribution in [3.8, 4) is 6.07 Å². The molecule has 1 unspecified atom stereocenters. The van der Waals surface area contributed by atoms with Gasteiger partial charge in [-0.3, -0.25) is 0 Å². The highest BCUT2D eigenvalue weighted by molar-refractivity contribution is 9.10. The van der Waals surface area contributed by atoms with E-state index in [0.29, 0.717) is 5.56 Å². The van der Waals surface area contributed by atoms with E-state index in [4.69, 9.17) is 5.26 Å². The van der Waals surface area contributed by atoms with Crippen LogP contribution < -0.4 is 0 Å². The maximum atomic E-state index is 10.1. The van der Waals surface area contributed by atoms with Crippen molar-refractivity contribution in [3.63, 3.8) is 0 Å². The van der Waals surface area contributed by atoms with Crippen LogP contribution in [0.2, 0.25) is 0 Å². The van der Waals surface area contributed by atoms with Crippen LogP contribution in [0.15, 0.2) is 22.7 Å². The Morgan fingerprint density at radius 3 is 2.47 bits per heavy atom. The summed E-state index contributed by atoms with van der Waals surface area (Å²) in [6, 6.07) is 7.31. The van der Waals surface area contributed by atoms with E-state index in [1.807, 2.05) is 20.8 Å². The van der Waals surface area contributed by atoms with Crippen molar-refractivity contribution in [1.29, 1.82) is 5.26 Å². The van der Waals surface area contributed by atoms with E-state index in [2.05, 4.69) is 22.0 Å². The Hall–Kier alpha value is -0.850. The standard InChI is InChI=1S/C12H14BrNO/c1-12(2,3)11(15)9-6-8(7-14)4-5-10(9)13/h4-6,11,15H,1-3H3. The van der Waals surface area contributed by atoms with E-state index in [0.717, 1.165) is 10.0 Å². The van der Waals surface area contributed by atoms with Gasteiger partial charge >= 0.3 is 0 Å². The molecular weight excluding hydrogens is 254 g/mol. The molecule has 0 heterocycles. The molecule has 1 rings (SSSR count). The zero-order valence-electron chi connectivity index (χ0n) is 9.08. The van der Waals surface area contributed by atoms with E-state index in [9.17, 15) is 5.11 Å². The van der Waals surface area contributed by atoms with Crippen molar-refractivity contribution in [3.05, 3.63) is 33.8 Å². The summed E-state index contributed by atoms with van der Waals surface area (Å²) in [5, 5.41) is 18.9. The van der Waals surface area contributed by atoms with E-state index >= 15 is 0 Å². The molecule has 0 saturated carbocycles. The average molecular weight is 268 g/mol. The van der Waals surface area contributed by atoms with Crippen LogP contribution in [0.3, 0.4) is 0 Å². The number of nitriles is 1. The predicted molar refractivity (Wildman–Crippen MR) is 63.3 cm³/mol. The van der Waals surface area contributed by atoms with Crippen LogP contribution in [0.5, 0.6) is 0 Å². The third kappa shape index (κ3) is 2.80. The highest BCUT2D eigenvalue weighted by atomic mass is 79.9. The summed E-state index contributed by atoms with van der Waals surface area (Å²) in [5.74, 6) is 0. The van der Waals surface area contributed by atoms with Crippen molar-refractivity contribution in [1.82, 2.24) is 0 Å². The zero-order valence-corrected chi connectivity index (χ0v) is 10.7. The lowest BCUT2D eigenvalue weighted by molar-refractivity contribution is 0.0620. The second kappa shape index (κ2) is 4.34. The van der Waals surface area contributed by atoms with E-state index in [1.54, 1.807) is 18.2 Å². The van der Waals surface area contributed by atoms with Crippen molar-refractivity contribution < 1.29 is 5.11 Å². The molecule has 1 aromatic rings. The Kier molecular flexibility index (Phi) is 3.54. The van der Waals surface area contributed by atoms with Gasteiger partial charge in [-0.25, -0.2) is 0 Å². The molecule has 0 spiro atoms. The molecule has 1 aromatic carbocycles. The lowest BCUT2D eigenvalue weighted by Crippen LogP contribution is -2.18. The van der Waals surface area contributed by atoms with Crippen molar-refractivity contribution in [2.75, 3.05) is 0 Å². The molecule has 0 amide bonds. The molecule has 15 heavy (non-hydrogen) atoms. The minimum absolute atomic E-state index is 0.239. The highest BCUT2D eigenvalue weighted by Crippen LogP contribution is 2.36. The summed E-state index contributed by atoms with van der Waals surface area (Å²) in [6.45, 7) is 5.88. The zero-order chi connectivity index (χ0) is 11.6. The maximum absolute atomic E-state index is 10.1. The Morgan fingerprint density at radius 1 is 1.40 bits per heavy atom. The smallest absolute Gasteiger partial charge is 0.0991 e. The Labute approximate surface area is 98.7 Å². The van der Waals surface area contributed by atoms with Crippen LogP contribution in [-0.2, 0) is 0 Å². The van der Waals surface area contributed by atoms with E-state index in [1.165, 1.54) is 0 Å². The minimum Gasteiger partial charge on any atom is -0.388 e. The molecule has 0 fully saturated rings. The van der Waals surface area contributed by atoms with Gasteiger partial charge in [0.25, 0.3) is 0 Å². The molecule has 3 heteroatoms. The van der Waals surface area contributed by atoms with Gasteiger partial charge in [-0.15, -0.1) is 0 Å². The molecule has 0 aliphatic rings. The van der Waals surface area contributed by atoms with Crippen LogP contribution in [0.25, 0.3) is 0 Å². The van der Waals surface area contributed by atoms with Gasteiger partial charge in [-0.1, -0.05) is 36.7 Å². The fraction of sp³-hybridized carbons (Fsp3) is 0.417. The van der Waals surface area contributed by atoms with Crippen LogP contribution >= 0.6 is 15.9 Å². The number of rotatable bonds is 1. The molecular formula is C12H14BrNO. The number of halogens is 1. The first-order chi connectivity index (χ1) is 6.86. The Morgan fingerprint density at radius 2 is 2.00 bits per heavy atom. The first-order valence-electron chi connectivity index (χ1n) is 4.74. The number of nitrogens with zero attached hydrogens (tertiary/aromatic N) is 1. The summed E-state index contributed by atoms with van der Waals surface area (Å²) in [4.78, 5) is 0. The van der Waals surface area contributed by atoms with Gasteiger partial charge in [-0.2, -0.15) is 5.26 Å². The second-order valence-electron chi connectivity index (χ2n) is 4.62. The number of benzene rings is 1. The lowest BCUT2D eigenvalue weighted by atomic mass is 9.84. The molecule has 0 aromatic heterocycles. The van der Waals surface area contributed by atoms with Crippen LogP contribution in [0.1, 0.15) is 38.0 Å². The van der Waals surface area contributed by atoms with E-state index < -0.39 is 6.10 Å². The van der Waals surface area contributed by atoms with Gasteiger partial charge in [0.2, 0.25) is 0 Å². The predicted octanol–water partition coefficient (Wildman–Crippen LogP) is 3.40. The molecule has 1 N–H and O–H groups in total. The normalized spacial score (nSPS) is 13.3. The molecule has 2 nitrogen and oxygen atoms in total. The van der Waals surface area contributed by atoms with Crippen LogP contribution in [0, 0.1) is 16.7 Å². The SMILES string of the molecule is CC(C)(C)C(O)c1cc(C#N)ccc1Br. The summed E-state index contributed by atoms with van der Waals surface area (Å²) < 4.78 is 0.837. The fourth-order valence-electron chi connectivity index (χ4n) is 1.29. The van der Waals surface area contributed by atoms with Crippen molar-refractivity contribution in [2.24, 2.45) is 5.41 Å². The van der Waals surface area contributed by atoms with Gasteiger partial charge in [0.05, 0.1) is 17.7 Å². The Bertz CT molecular complexity index is 401. The summed E-state index contributed by atoms with van der Waals surface area (Å²) in [5.41, 5.74) is 1.09. The topological polar surface area (TPSA) is 44.0 Å². The molecule has 0 bridgehead atoms. The molecule has 80 valence electrons. The highest BCUT2D eigenvalue weighted by Gasteiger charge is 2.25. The van der Waals surface area contributed by atoms with Crippen LogP contribution in [-0.4, -0.2) is 5.11 Å². The summed E-state index contributed by atoms with van der Waals surface area (Å²) in [7, 11) is 0. The molecule has 0 aliphatic heterocycles. The molecule has 1 atom stereocenters. The first-order valence-corrected chi connectivity index (χ1v) is 5.53. The summed E-state index contributed by atoms with van der Waals surface area (Å²) in [6.07, 6.45) is -0.583. The van der Waals surface area contributed by atoms with Crippen LogP contribution in [0.4, 0.5) is 0 Å². The van der Waals surface area contributed by atoms with Gasteiger partial charge in [-0.05, 0) is 29.2 Å². The minimum atomic E-state index is -0.583. The first kappa shape index (κ1) is 12.2. The third-order valence-corrected chi connectivity index (χ3v) is 2.96. The second-order valence-corrected chi connectivity index (χ2v) is 5.47. The number of aliphatic hydroxyl groups excluding tert-OH is 1. The molecule has 0 radical (unpaired) electrons. The van der Waals surface area contributed by atoms with Gasteiger partial charge in [0, 0.05) is 4.47 Å². The van der Waals surface area contributed by atoms with Crippen molar-refractivity contribution >= 4 is 15.9 Å². The third-order valence-electron chi connectivity index (χ3n) is 2.24. The summed E-state index contributed by atoms with van der Waals surface area (Å²) >= 11 is 3.38. The Balaban J connectivity index is 3.20. The largest absolute Gasteiger partial charge is 0.388 e. The lowest BCUT2D eigenvalue weighted by Gasteiger charge is -2.27. The van der Waals surface area contributed by atoms with Crippen molar-refractivity contribution in [2.45, 2.75) is 26.9 Å².